The van der Waals surface area contributed by atoms with Gasteiger partial charge in [0.1, 0.15) is 6.10 Å². The first-order chi connectivity index (χ1) is 12.2. The highest BCUT2D eigenvalue weighted by Gasteiger charge is 2.47. The third kappa shape index (κ3) is 4.34. The maximum absolute atomic E-state index is 12.3. The molecule has 0 aromatic heterocycles. The maximum atomic E-state index is 12.3. The van der Waals surface area contributed by atoms with E-state index in [-0.39, 0.29) is 11.3 Å². The quantitative estimate of drug-likeness (QED) is 0.454. The molecule has 1 aromatic rings. The molecular weight excluding hydrogens is 350 g/mol. The summed E-state index contributed by atoms with van der Waals surface area (Å²) in [6.07, 6.45) is -5.45. The Morgan fingerprint density at radius 2 is 1.81 bits per heavy atom. The molecule has 0 aliphatic carbocycles. The van der Waals surface area contributed by atoms with Gasteiger partial charge in [-0.15, -0.1) is 0 Å². The molecule has 5 atom stereocenters. The van der Waals surface area contributed by atoms with E-state index in [9.17, 15) is 24.8 Å². The largest absolute Gasteiger partial charge is 0.454 e. The molecule has 1 fully saturated rings. The molecule has 1 N–H and O–H groups in total. The lowest BCUT2D eigenvalue weighted by molar-refractivity contribution is -0.384. The zero-order valence-corrected chi connectivity index (χ0v) is 14.4. The molecule has 10 heteroatoms. The number of aliphatic hydroxyl groups excluding tert-OH is 1. The predicted octanol–water partition coefficient (Wildman–Crippen LogP) is 0.804. The number of nitro benzene ring substituents is 1. The lowest BCUT2D eigenvalue weighted by Gasteiger charge is -2.41. The van der Waals surface area contributed by atoms with E-state index < -0.39 is 47.6 Å². The molecule has 0 saturated carbocycles. The van der Waals surface area contributed by atoms with Gasteiger partial charge in [-0.05, 0) is 19.1 Å². The molecule has 2 rings (SSSR count). The van der Waals surface area contributed by atoms with Gasteiger partial charge in [-0.1, -0.05) is 0 Å². The van der Waals surface area contributed by atoms with Crippen molar-refractivity contribution in [3.63, 3.8) is 0 Å². The number of carbonyl (C=O) groups excluding carboxylic acids is 2. The molecule has 1 saturated heterocycles. The van der Waals surface area contributed by atoms with Gasteiger partial charge in [0.05, 0.1) is 16.6 Å². The van der Waals surface area contributed by atoms with E-state index >= 15 is 0 Å². The van der Waals surface area contributed by atoms with Crippen molar-refractivity contribution < 1.29 is 38.6 Å². The highest BCUT2D eigenvalue weighted by atomic mass is 16.7. The minimum Gasteiger partial charge on any atom is -0.454 e. The van der Waals surface area contributed by atoms with E-state index in [4.69, 9.17) is 18.9 Å². The number of carbonyl (C=O) groups is 2. The van der Waals surface area contributed by atoms with Crippen molar-refractivity contribution in [2.24, 2.45) is 0 Å². The van der Waals surface area contributed by atoms with Crippen molar-refractivity contribution in [3.05, 3.63) is 39.9 Å². The van der Waals surface area contributed by atoms with Crippen LogP contribution >= 0.6 is 0 Å². The van der Waals surface area contributed by atoms with Crippen molar-refractivity contribution in [1.29, 1.82) is 0 Å². The number of non-ortho nitro benzene ring substituents is 1. The van der Waals surface area contributed by atoms with Gasteiger partial charge in [0, 0.05) is 26.2 Å². The molecule has 0 spiro atoms. The Morgan fingerprint density at radius 3 is 2.31 bits per heavy atom. The number of aliphatic hydroxyl groups is 1. The molecule has 142 valence electrons. The Kier molecular flexibility index (Phi) is 6.24. The van der Waals surface area contributed by atoms with Crippen LogP contribution in [-0.4, -0.2) is 59.8 Å². The molecule has 0 bridgehead atoms. The van der Waals surface area contributed by atoms with E-state index in [2.05, 4.69) is 0 Å². The number of methoxy groups -OCH3 is 1. The zero-order valence-electron chi connectivity index (χ0n) is 14.4. The Labute approximate surface area is 148 Å². The van der Waals surface area contributed by atoms with E-state index in [1.165, 1.54) is 19.2 Å². The van der Waals surface area contributed by atoms with Gasteiger partial charge in [0.25, 0.3) is 5.69 Å². The summed E-state index contributed by atoms with van der Waals surface area (Å²) in [6.45, 7) is 2.72. The summed E-state index contributed by atoms with van der Waals surface area (Å²) in [7, 11) is 1.32. The van der Waals surface area contributed by atoms with Crippen molar-refractivity contribution in [3.8, 4) is 0 Å². The van der Waals surface area contributed by atoms with E-state index in [0.717, 1.165) is 19.1 Å². The minimum absolute atomic E-state index is 0.0629. The first kappa shape index (κ1) is 19.8. The van der Waals surface area contributed by atoms with Gasteiger partial charge in [-0.3, -0.25) is 14.9 Å². The second-order valence-corrected chi connectivity index (χ2v) is 5.68. The van der Waals surface area contributed by atoms with Gasteiger partial charge in [-0.2, -0.15) is 0 Å². The Bertz CT molecular complexity index is 675. The number of hydrogen-bond donors (Lipinski definition) is 1. The topological polar surface area (TPSA) is 134 Å². The van der Waals surface area contributed by atoms with Gasteiger partial charge < -0.3 is 24.1 Å². The summed E-state index contributed by atoms with van der Waals surface area (Å²) in [4.78, 5) is 33.6. The molecule has 0 amide bonds. The molecule has 1 heterocycles. The van der Waals surface area contributed by atoms with E-state index in [0.29, 0.717) is 0 Å². The normalized spacial score (nSPS) is 28.2. The van der Waals surface area contributed by atoms with Crippen LogP contribution in [0.3, 0.4) is 0 Å². The van der Waals surface area contributed by atoms with Crippen molar-refractivity contribution >= 4 is 17.6 Å². The number of nitro groups is 1. The fourth-order valence-electron chi connectivity index (χ4n) is 2.58. The van der Waals surface area contributed by atoms with Gasteiger partial charge >= 0.3 is 11.9 Å². The first-order valence-corrected chi connectivity index (χ1v) is 7.73. The predicted molar refractivity (Wildman–Crippen MR) is 85.2 cm³/mol. The maximum Gasteiger partial charge on any atom is 0.338 e. The number of benzene rings is 1. The summed E-state index contributed by atoms with van der Waals surface area (Å²) in [5.41, 5.74) is -0.110. The van der Waals surface area contributed by atoms with Gasteiger partial charge in [0.15, 0.2) is 18.5 Å². The van der Waals surface area contributed by atoms with Crippen LogP contribution in [0.15, 0.2) is 24.3 Å². The molecule has 10 nitrogen and oxygen atoms in total. The lowest BCUT2D eigenvalue weighted by atomic mass is 9.99. The van der Waals surface area contributed by atoms with Crippen molar-refractivity contribution in [2.45, 2.75) is 44.6 Å². The minimum atomic E-state index is -1.38. The Balaban J connectivity index is 2.14. The summed E-state index contributed by atoms with van der Waals surface area (Å²) < 4.78 is 20.8. The van der Waals surface area contributed by atoms with Crippen LogP contribution in [0.2, 0.25) is 0 Å². The number of nitrogens with zero attached hydrogens (tertiary/aromatic N) is 1. The van der Waals surface area contributed by atoms with Crippen LogP contribution in [0.4, 0.5) is 5.69 Å². The average Bonchev–Trinajstić information content (AvgIpc) is 2.60. The van der Waals surface area contributed by atoms with E-state index in [1.807, 2.05) is 0 Å². The van der Waals surface area contributed by atoms with Crippen LogP contribution in [0.1, 0.15) is 24.2 Å². The summed E-state index contributed by atoms with van der Waals surface area (Å²) >= 11 is 0. The number of ether oxygens (including phenoxy) is 4. The molecule has 0 radical (unpaired) electrons. The number of rotatable bonds is 5. The standard InChI is InChI=1S/C16H19NO9/c1-8-13(12(19)14(25-9(2)18)16(23-3)24-8)26-15(20)10-4-6-11(7-5-10)17(21)22/h4-8,12-14,16,19H,1-3H3/t8-,12+,13-,14+,16+/m0/s1. The fourth-order valence-corrected chi connectivity index (χ4v) is 2.58. The first-order valence-electron chi connectivity index (χ1n) is 7.73. The number of esters is 2. The molecule has 1 aromatic carbocycles. The second kappa shape index (κ2) is 8.21. The molecule has 1 aliphatic rings. The highest BCUT2D eigenvalue weighted by Crippen LogP contribution is 2.27. The monoisotopic (exact) mass is 369 g/mol. The summed E-state index contributed by atoms with van der Waals surface area (Å²) in [5.74, 6) is -1.47. The highest BCUT2D eigenvalue weighted by molar-refractivity contribution is 5.89. The van der Waals surface area contributed by atoms with Gasteiger partial charge in [-0.25, -0.2) is 4.79 Å². The number of hydrogen-bond acceptors (Lipinski definition) is 9. The molecule has 0 unspecified atom stereocenters. The van der Waals surface area contributed by atoms with E-state index in [1.54, 1.807) is 6.92 Å². The molecular formula is C16H19NO9. The lowest BCUT2D eigenvalue weighted by Crippen LogP contribution is -2.59. The third-order valence-electron chi connectivity index (χ3n) is 3.84. The van der Waals surface area contributed by atoms with Crippen LogP contribution in [0.25, 0.3) is 0 Å². The second-order valence-electron chi connectivity index (χ2n) is 5.68. The summed E-state index contributed by atoms with van der Waals surface area (Å²) in [5, 5.41) is 21.1. The molecule has 26 heavy (non-hydrogen) atoms. The SMILES string of the molecule is CO[C@@H]1O[C@@H](C)[C@H](OC(=O)c2ccc([N+](=O)[O-])cc2)[C@@H](O)[C@H]1OC(C)=O. The smallest absolute Gasteiger partial charge is 0.338 e. The van der Waals surface area contributed by atoms with Gasteiger partial charge in [0.2, 0.25) is 0 Å². The Hall–Kier alpha value is -2.56. The van der Waals surface area contributed by atoms with Crippen LogP contribution in [0, 0.1) is 10.1 Å². The van der Waals surface area contributed by atoms with Crippen LogP contribution in [0.5, 0.6) is 0 Å². The van der Waals surface area contributed by atoms with Crippen molar-refractivity contribution in [1.82, 2.24) is 0 Å². The average molecular weight is 369 g/mol. The van der Waals surface area contributed by atoms with Crippen molar-refractivity contribution in [2.75, 3.05) is 7.11 Å². The fraction of sp³-hybridized carbons (Fsp3) is 0.500. The third-order valence-corrected chi connectivity index (χ3v) is 3.84. The Morgan fingerprint density at radius 1 is 1.19 bits per heavy atom. The zero-order chi connectivity index (χ0) is 19.4. The van der Waals surface area contributed by atoms with Crippen LogP contribution < -0.4 is 0 Å². The molecule has 1 aliphatic heterocycles. The summed E-state index contributed by atoms with van der Waals surface area (Å²) in [6, 6.07) is 4.80. The van der Waals surface area contributed by atoms with Crippen LogP contribution in [-0.2, 0) is 23.7 Å².